The number of benzene rings is 2. The summed E-state index contributed by atoms with van der Waals surface area (Å²) in [7, 11) is 0. The first kappa shape index (κ1) is 20.8. The van der Waals surface area contributed by atoms with Gasteiger partial charge >= 0.3 is 0 Å². The van der Waals surface area contributed by atoms with E-state index in [4.69, 9.17) is 4.98 Å². The summed E-state index contributed by atoms with van der Waals surface area (Å²) in [6.45, 7) is 7.68. The van der Waals surface area contributed by atoms with Gasteiger partial charge in [-0.3, -0.25) is 9.69 Å². The predicted molar refractivity (Wildman–Crippen MR) is 126 cm³/mol. The fraction of sp³-hybridized carbons (Fsp3) is 0.440. The summed E-state index contributed by atoms with van der Waals surface area (Å²) in [6.07, 6.45) is 1.80. The minimum Gasteiger partial charge on any atom is -0.506 e. The van der Waals surface area contributed by atoms with Crippen LogP contribution < -0.4 is 4.90 Å². The normalized spacial score (nSPS) is 18.4. The number of phenolic OH excluding ortho intramolecular Hbond substituents is 1. The zero-order valence-corrected chi connectivity index (χ0v) is 18.6. The number of aromatic amines is 1. The maximum Gasteiger partial charge on any atom is 0.225 e. The second-order valence-electron chi connectivity index (χ2n) is 9.06. The Hall–Kier alpha value is -3.06. The molecule has 32 heavy (non-hydrogen) atoms. The molecule has 2 aliphatic heterocycles. The van der Waals surface area contributed by atoms with E-state index in [-0.39, 0.29) is 5.92 Å². The number of nitrogens with zero attached hydrogens (tertiary/aromatic N) is 4. The highest BCUT2D eigenvalue weighted by Crippen LogP contribution is 2.28. The summed E-state index contributed by atoms with van der Waals surface area (Å²) in [5, 5.41) is 10.1. The quantitative estimate of drug-likeness (QED) is 0.661. The van der Waals surface area contributed by atoms with Crippen molar-refractivity contribution in [1.82, 2.24) is 19.8 Å². The highest BCUT2D eigenvalue weighted by Gasteiger charge is 2.31. The van der Waals surface area contributed by atoms with Crippen molar-refractivity contribution in [2.45, 2.75) is 26.3 Å². The van der Waals surface area contributed by atoms with Crippen LogP contribution in [0, 0.1) is 12.8 Å². The molecule has 1 aromatic heterocycles. The van der Waals surface area contributed by atoms with E-state index < -0.39 is 0 Å². The number of hydrogen-bond acceptors (Lipinski definition) is 5. The van der Waals surface area contributed by atoms with Crippen LogP contribution in [0.2, 0.25) is 0 Å². The lowest BCUT2D eigenvalue weighted by Gasteiger charge is -2.39. The summed E-state index contributed by atoms with van der Waals surface area (Å²) >= 11 is 0. The van der Waals surface area contributed by atoms with Crippen molar-refractivity contribution in [2.75, 3.05) is 44.2 Å². The number of likely N-dealkylation sites (tertiary alicyclic amines) is 1. The highest BCUT2D eigenvalue weighted by atomic mass is 16.3. The number of carbonyl (C=O) groups is 1. The second-order valence-corrected chi connectivity index (χ2v) is 9.06. The molecule has 3 heterocycles. The number of para-hydroxylation sites is 2. The number of amides is 1. The van der Waals surface area contributed by atoms with Crippen molar-refractivity contribution >= 4 is 22.6 Å². The molecule has 1 amide bonds. The first-order valence-electron chi connectivity index (χ1n) is 11.6. The number of aromatic hydroxyl groups is 1. The maximum absolute atomic E-state index is 13.1. The number of carbonyl (C=O) groups excluding carboxylic acids is 1. The van der Waals surface area contributed by atoms with E-state index in [0.717, 1.165) is 68.1 Å². The molecule has 3 aromatic rings. The molecule has 2 N–H and O–H groups in total. The van der Waals surface area contributed by atoms with Gasteiger partial charge in [0.1, 0.15) is 11.6 Å². The van der Waals surface area contributed by atoms with Crippen LogP contribution in [-0.2, 0) is 11.3 Å². The summed E-state index contributed by atoms with van der Waals surface area (Å²) in [5.41, 5.74) is 4.19. The van der Waals surface area contributed by atoms with E-state index in [2.05, 4.69) is 39.9 Å². The molecule has 7 heteroatoms. The number of aryl methyl sites for hydroxylation is 1. The second kappa shape index (κ2) is 8.82. The van der Waals surface area contributed by atoms with Crippen molar-refractivity contribution < 1.29 is 9.90 Å². The average molecular weight is 434 g/mol. The monoisotopic (exact) mass is 433 g/mol. The number of piperidine rings is 1. The van der Waals surface area contributed by atoms with Crippen LogP contribution in [0.25, 0.3) is 11.0 Å². The smallest absolute Gasteiger partial charge is 0.225 e. The average Bonchev–Trinajstić information content (AvgIpc) is 3.21. The number of anilines is 1. The summed E-state index contributed by atoms with van der Waals surface area (Å²) < 4.78 is 0. The third-order valence-corrected chi connectivity index (χ3v) is 6.81. The minimum atomic E-state index is 0.112. The number of imidazole rings is 1. The molecule has 0 saturated carbocycles. The third kappa shape index (κ3) is 4.30. The lowest BCUT2D eigenvalue weighted by atomic mass is 9.95. The number of phenols is 1. The Bertz CT molecular complexity index is 1090. The SMILES string of the molecule is Cc1ccc2nc(CN3CCC(C(=O)N4CCN(c5ccccc5O)CC4)CC3)[nH]c2c1. The fourth-order valence-electron chi connectivity index (χ4n) is 4.96. The van der Waals surface area contributed by atoms with Crippen LogP contribution in [0.15, 0.2) is 42.5 Å². The molecule has 2 saturated heterocycles. The summed E-state index contributed by atoms with van der Waals surface area (Å²) in [5.74, 6) is 1.71. The van der Waals surface area contributed by atoms with Crippen LogP contribution >= 0.6 is 0 Å². The van der Waals surface area contributed by atoms with E-state index in [9.17, 15) is 9.90 Å². The van der Waals surface area contributed by atoms with Gasteiger partial charge in [0, 0.05) is 32.1 Å². The molecule has 0 spiro atoms. The van der Waals surface area contributed by atoms with Gasteiger partial charge in [0.15, 0.2) is 0 Å². The Labute approximate surface area is 188 Å². The topological polar surface area (TPSA) is 75.7 Å². The Morgan fingerprint density at radius 1 is 1.06 bits per heavy atom. The highest BCUT2D eigenvalue weighted by molar-refractivity contribution is 5.79. The van der Waals surface area contributed by atoms with Crippen LogP contribution in [0.5, 0.6) is 5.75 Å². The number of piperazine rings is 1. The van der Waals surface area contributed by atoms with Crippen molar-refractivity contribution in [3.8, 4) is 5.75 Å². The molecule has 0 unspecified atom stereocenters. The van der Waals surface area contributed by atoms with Gasteiger partial charge in [0.25, 0.3) is 0 Å². The van der Waals surface area contributed by atoms with Gasteiger partial charge in [-0.05, 0) is 62.7 Å². The van der Waals surface area contributed by atoms with Crippen molar-refractivity contribution in [3.63, 3.8) is 0 Å². The van der Waals surface area contributed by atoms with Gasteiger partial charge in [-0.1, -0.05) is 18.2 Å². The van der Waals surface area contributed by atoms with Gasteiger partial charge in [-0.25, -0.2) is 4.98 Å². The lowest BCUT2D eigenvalue weighted by molar-refractivity contribution is -0.137. The van der Waals surface area contributed by atoms with Gasteiger partial charge in [0.2, 0.25) is 5.91 Å². The standard InChI is InChI=1S/C25H31N5O2/c1-18-6-7-20-21(16-18)27-24(26-20)17-28-10-8-19(9-11-28)25(32)30-14-12-29(13-15-30)22-4-2-3-5-23(22)31/h2-7,16,19,31H,8-15,17H2,1H3,(H,26,27). The molecular formula is C25H31N5O2. The first-order valence-corrected chi connectivity index (χ1v) is 11.6. The van der Waals surface area contributed by atoms with E-state index in [1.54, 1.807) is 6.07 Å². The maximum atomic E-state index is 13.1. The van der Waals surface area contributed by atoms with Crippen molar-refractivity contribution in [1.29, 1.82) is 0 Å². The molecule has 0 atom stereocenters. The van der Waals surface area contributed by atoms with Crippen LogP contribution in [0.1, 0.15) is 24.2 Å². The molecule has 0 aliphatic carbocycles. The van der Waals surface area contributed by atoms with E-state index in [1.165, 1.54) is 5.56 Å². The predicted octanol–water partition coefficient (Wildman–Crippen LogP) is 3.14. The van der Waals surface area contributed by atoms with E-state index >= 15 is 0 Å². The molecule has 2 fully saturated rings. The molecular weight excluding hydrogens is 402 g/mol. The van der Waals surface area contributed by atoms with Crippen molar-refractivity contribution in [2.24, 2.45) is 5.92 Å². The Morgan fingerprint density at radius 3 is 2.56 bits per heavy atom. The molecule has 2 aliphatic rings. The Kier molecular flexibility index (Phi) is 5.74. The van der Waals surface area contributed by atoms with Gasteiger partial charge in [-0.2, -0.15) is 0 Å². The Balaban J connectivity index is 1.12. The van der Waals surface area contributed by atoms with Gasteiger partial charge in [0.05, 0.1) is 23.3 Å². The molecule has 168 valence electrons. The number of fused-ring (bicyclic) bond motifs is 1. The lowest BCUT2D eigenvalue weighted by Crippen LogP contribution is -2.51. The number of nitrogens with one attached hydrogen (secondary N) is 1. The molecule has 2 aromatic carbocycles. The number of aromatic nitrogens is 2. The van der Waals surface area contributed by atoms with E-state index in [1.807, 2.05) is 23.1 Å². The molecule has 0 radical (unpaired) electrons. The summed E-state index contributed by atoms with van der Waals surface area (Å²) in [4.78, 5) is 27.8. The summed E-state index contributed by atoms with van der Waals surface area (Å²) in [6, 6.07) is 13.7. The van der Waals surface area contributed by atoms with Crippen LogP contribution in [0.4, 0.5) is 5.69 Å². The first-order chi connectivity index (χ1) is 15.6. The van der Waals surface area contributed by atoms with E-state index in [0.29, 0.717) is 24.7 Å². The fourth-order valence-corrected chi connectivity index (χ4v) is 4.96. The third-order valence-electron chi connectivity index (χ3n) is 6.81. The number of hydrogen-bond donors (Lipinski definition) is 2. The largest absolute Gasteiger partial charge is 0.506 e. The molecule has 0 bridgehead atoms. The molecule has 7 nitrogen and oxygen atoms in total. The zero-order chi connectivity index (χ0) is 22.1. The number of rotatable bonds is 4. The minimum absolute atomic E-state index is 0.112. The van der Waals surface area contributed by atoms with Gasteiger partial charge in [-0.15, -0.1) is 0 Å². The van der Waals surface area contributed by atoms with Crippen LogP contribution in [-0.4, -0.2) is 70.1 Å². The number of H-pyrrole nitrogens is 1. The van der Waals surface area contributed by atoms with Gasteiger partial charge < -0.3 is 19.9 Å². The molecule has 5 rings (SSSR count). The zero-order valence-electron chi connectivity index (χ0n) is 18.6. The Morgan fingerprint density at radius 2 is 1.81 bits per heavy atom. The van der Waals surface area contributed by atoms with Crippen molar-refractivity contribution in [3.05, 3.63) is 53.9 Å². The van der Waals surface area contributed by atoms with Crippen LogP contribution in [0.3, 0.4) is 0 Å².